The van der Waals surface area contributed by atoms with Crippen LogP contribution in [0.15, 0.2) is 36.5 Å². The van der Waals surface area contributed by atoms with Crippen molar-refractivity contribution in [1.29, 1.82) is 0 Å². The minimum atomic E-state index is -0.636. The highest BCUT2D eigenvalue weighted by Gasteiger charge is 2.19. The van der Waals surface area contributed by atoms with E-state index in [-0.39, 0.29) is 17.0 Å². The topological polar surface area (TPSA) is 102 Å². The summed E-state index contributed by atoms with van der Waals surface area (Å²) in [5, 5.41) is 11.1. The van der Waals surface area contributed by atoms with Crippen LogP contribution in [0.25, 0.3) is 22.0 Å². The number of amides is 1. The van der Waals surface area contributed by atoms with E-state index in [4.69, 9.17) is 23.1 Å². The summed E-state index contributed by atoms with van der Waals surface area (Å²) in [6.45, 7) is 1.77. The van der Waals surface area contributed by atoms with Crippen molar-refractivity contribution in [1.82, 2.24) is 4.98 Å². The molecule has 0 saturated heterocycles. The molecule has 0 atom stereocenters. The molecule has 0 radical (unpaired) electrons. The smallest absolute Gasteiger partial charge is 0.250 e. The Morgan fingerprint density at radius 1 is 1.30 bits per heavy atom. The Bertz CT molecular complexity index is 954. The zero-order valence-electron chi connectivity index (χ0n) is 12.3. The second kappa shape index (κ2) is 5.44. The number of primary amides is 1. The number of aromatic hydroxyl groups is 1. The van der Waals surface area contributed by atoms with E-state index >= 15 is 0 Å². The van der Waals surface area contributed by atoms with Gasteiger partial charge in [0.05, 0.1) is 21.8 Å². The maximum atomic E-state index is 11.7. The van der Waals surface area contributed by atoms with Crippen LogP contribution >= 0.6 is 11.6 Å². The third kappa shape index (κ3) is 2.45. The van der Waals surface area contributed by atoms with Crippen LogP contribution in [0.2, 0.25) is 5.02 Å². The van der Waals surface area contributed by atoms with Crippen LogP contribution in [-0.2, 0) is 0 Å². The van der Waals surface area contributed by atoms with Crippen molar-refractivity contribution in [3.05, 3.63) is 52.7 Å². The SMILES string of the molecule is Cc1c(O)cccc1-c1c(N)c(C(N)=O)cc2cc(Cl)cnc12. The standard InChI is InChI=1S/C17H14ClN3O2/c1-8-11(3-2-4-13(8)22)14-15(19)12(17(20)23)6-9-5-10(18)7-21-16(9)14/h2-7,22H,19H2,1H3,(H2,20,23). The van der Waals surface area contributed by atoms with Gasteiger partial charge < -0.3 is 16.6 Å². The molecule has 2 aromatic carbocycles. The fraction of sp³-hybridized carbons (Fsp3) is 0.0588. The van der Waals surface area contributed by atoms with Crippen LogP contribution in [-0.4, -0.2) is 16.0 Å². The zero-order chi connectivity index (χ0) is 16.7. The van der Waals surface area contributed by atoms with Gasteiger partial charge in [-0.15, -0.1) is 0 Å². The first-order chi connectivity index (χ1) is 10.9. The number of benzene rings is 2. The largest absolute Gasteiger partial charge is 0.508 e. The fourth-order valence-electron chi connectivity index (χ4n) is 2.64. The molecule has 1 amide bonds. The lowest BCUT2D eigenvalue weighted by atomic mass is 9.93. The second-order valence-electron chi connectivity index (χ2n) is 5.25. The first-order valence-electron chi connectivity index (χ1n) is 6.86. The van der Waals surface area contributed by atoms with Gasteiger partial charge in [-0.3, -0.25) is 9.78 Å². The first kappa shape index (κ1) is 15.1. The molecule has 5 N–H and O–H groups in total. The van der Waals surface area contributed by atoms with Crippen molar-refractivity contribution in [2.24, 2.45) is 5.73 Å². The Kier molecular flexibility index (Phi) is 3.58. The van der Waals surface area contributed by atoms with Crippen LogP contribution in [0.4, 0.5) is 5.69 Å². The number of hydrogen-bond donors (Lipinski definition) is 3. The molecule has 5 nitrogen and oxygen atoms in total. The third-order valence-corrected chi connectivity index (χ3v) is 4.03. The number of nitrogen functional groups attached to an aromatic ring is 1. The van der Waals surface area contributed by atoms with E-state index in [1.807, 2.05) is 0 Å². The molecule has 0 aliphatic carbocycles. The number of phenolic OH excluding ortho intramolecular Hbond substituents is 1. The van der Waals surface area contributed by atoms with Crippen LogP contribution in [0.3, 0.4) is 0 Å². The number of hydrogen-bond acceptors (Lipinski definition) is 4. The van der Waals surface area contributed by atoms with Gasteiger partial charge in [0.25, 0.3) is 5.91 Å². The van der Waals surface area contributed by atoms with E-state index in [0.717, 1.165) is 0 Å². The number of pyridine rings is 1. The van der Waals surface area contributed by atoms with Crippen molar-refractivity contribution >= 4 is 34.1 Å². The Morgan fingerprint density at radius 3 is 2.74 bits per heavy atom. The number of aromatic nitrogens is 1. The number of fused-ring (bicyclic) bond motifs is 1. The number of halogens is 1. The third-order valence-electron chi connectivity index (χ3n) is 3.82. The summed E-state index contributed by atoms with van der Waals surface area (Å²) < 4.78 is 0. The van der Waals surface area contributed by atoms with Gasteiger partial charge in [0.2, 0.25) is 0 Å². The summed E-state index contributed by atoms with van der Waals surface area (Å²) >= 11 is 6.00. The number of carbonyl (C=O) groups excluding carboxylic acids is 1. The van der Waals surface area contributed by atoms with E-state index in [1.54, 1.807) is 37.3 Å². The molecule has 116 valence electrons. The normalized spacial score (nSPS) is 10.9. The maximum Gasteiger partial charge on any atom is 0.250 e. The molecule has 0 bridgehead atoms. The summed E-state index contributed by atoms with van der Waals surface area (Å²) in [7, 11) is 0. The predicted octanol–water partition coefficient (Wildman–Crippen LogP) is 3.25. The summed E-state index contributed by atoms with van der Waals surface area (Å²) in [5.41, 5.74) is 14.5. The molecule has 0 saturated carbocycles. The lowest BCUT2D eigenvalue weighted by Crippen LogP contribution is -2.14. The number of rotatable bonds is 2. The van der Waals surface area contributed by atoms with Gasteiger partial charge in [0.15, 0.2) is 0 Å². The quantitative estimate of drug-likeness (QED) is 0.629. The van der Waals surface area contributed by atoms with E-state index < -0.39 is 5.91 Å². The number of phenols is 1. The minimum absolute atomic E-state index is 0.133. The number of carbonyl (C=O) groups is 1. The van der Waals surface area contributed by atoms with E-state index in [1.165, 1.54) is 6.20 Å². The molecule has 3 rings (SSSR count). The molecule has 0 fully saturated rings. The highest BCUT2D eigenvalue weighted by atomic mass is 35.5. The summed E-state index contributed by atoms with van der Waals surface area (Å²) in [6, 6.07) is 8.36. The molecule has 1 heterocycles. The Morgan fingerprint density at radius 2 is 2.04 bits per heavy atom. The fourth-order valence-corrected chi connectivity index (χ4v) is 2.81. The average Bonchev–Trinajstić information content (AvgIpc) is 2.50. The van der Waals surface area contributed by atoms with Crippen molar-refractivity contribution < 1.29 is 9.90 Å². The van der Waals surface area contributed by atoms with Crippen molar-refractivity contribution in [3.63, 3.8) is 0 Å². The second-order valence-corrected chi connectivity index (χ2v) is 5.69. The molecule has 3 aromatic rings. The van der Waals surface area contributed by atoms with E-state index in [9.17, 15) is 9.90 Å². The van der Waals surface area contributed by atoms with Gasteiger partial charge in [0, 0.05) is 17.1 Å². The molecule has 0 aliphatic heterocycles. The summed E-state index contributed by atoms with van der Waals surface area (Å²) in [4.78, 5) is 16.1. The minimum Gasteiger partial charge on any atom is -0.508 e. The zero-order valence-corrected chi connectivity index (χ0v) is 13.1. The predicted molar refractivity (Wildman–Crippen MR) is 91.5 cm³/mol. The van der Waals surface area contributed by atoms with E-state index in [2.05, 4.69) is 4.98 Å². The average molecular weight is 328 g/mol. The van der Waals surface area contributed by atoms with Gasteiger partial charge in [-0.25, -0.2) is 0 Å². The van der Waals surface area contributed by atoms with Gasteiger partial charge in [-0.2, -0.15) is 0 Å². The lowest BCUT2D eigenvalue weighted by Gasteiger charge is -2.15. The molecular formula is C17H14ClN3O2. The van der Waals surface area contributed by atoms with Crippen LogP contribution in [0, 0.1) is 6.92 Å². The van der Waals surface area contributed by atoms with Gasteiger partial charge in [-0.05, 0) is 36.2 Å². The number of nitrogens with zero attached hydrogens (tertiary/aromatic N) is 1. The summed E-state index contributed by atoms with van der Waals surface area (Å²) in [5.74, 6) is -0.503. The molecule has 0 aliphatic rings. The first-order valence-corrected chi connectivity index (χ1v) is 7.24. The van der Waals surface area contributed by atoms with Gasteiger partial charge in [0.1, 0.15) is 5.75 Å². The van der Waals surface area contributed by atoms with Gasteiger partial charge >= 0.3 is 0 Å². The van der Waals surface area contributed by atoms with Crippen LogP contribution in [0.5, 0.6) is 5.75 Å². The number of nitrogens with two attached hydrogens (primary N) is 2. The van der Waals surface area contributed by atoms with Crippen molar-refractivity contribution in [2.45, 2.75) is 6.92 Å². The molecule has 0 unspecified atom stereocenters. The monoisotopic (exact) mass is 327 g/mol. The highest BCUT2D eigenvalue weighted by molar-refractivity contribution is 6.31. The molecule has 0 spiro atoms. The van der Waals surface area contributed by atoms with E-state index in [0.29, 0.717) is 32.6 Å². The molecular weight excluding hydrogens is 314 g/mol. The highest BCUT2D eigenvalue weighted by Crippen LogP contribution is 2.39. The Labute approximate surface area is 137 Å². The molecule has 6 heteroatoms. The van der Waals surface area contributed by atoms with Crippen LogP contribution < -0.4 is 11.5 Å². The lowest BCUT2D eigenvalue weighted by molar-refractivity contribution is 0.100. The summed E-state index contributed by atoms with van der Waals surface area (Å²) in [6.07, 6.45) is 1.51. The molecule has 23 heavy (non-hydrogen) atoms. The number of anilines is 1. The maximum absolute atomic E-state index is 11.7. The van der Waals surface area contributed by atoms with Crippen LogP contribution in [0.1, 0.15) is 15.9 Å². The van der Waals surface area contributed by atoms with Crippen molar-refractivity contribution in [3.8, 4) is 16.9 Å². The Balaban J connectivity index is 2.49. The molecule has 1 aromatic heterocycles. The van der Waals surface area contributed by atoms with Crippen molar-refractivity contribution in [2.75, 3.05) is 5.73 Å². The Hall–Kier alpha value is -2.79. The van der Waals surface area contributed by atoms with Gasteiger partial charge in [-0.1, -0.05) is 23.7 Å².